The first-order chi connectivity index (χ1) is 9.91. The van der Waals surface area contributed by atoms with Crippen molar-refractivity contribution in [3.8, 4) is 0 Å². The second-order valence-corrected chi connectivity index (χ2v) is 7.62. The Kier molecular flexibility index (Phi) is 9.06. The van der Waals surface area contributed by atoms with E-state index in [0.717, 1.165) is 0 Å². The molecule has 10 heteroatoms. The summed E-state index contributed by atoms with van der Waals surface area (Å²) in [5.74, 6) is -0.726. The summed E-state index contributed by atoms with van der Waals surface area (Å²) in [7, 11) is 0. The molecule has 0 fully saturated rings. The largest absolute Gasteiger partial charge is 0.480 e. The molecule has 0 aromatic heterocycles. The van der Waals surface area contributed by atoms with Gasteiger partial charge >= 0.3 is 17.6 Å². The van der Waals surface area contributed by atoms with E-state index >= 15 is 0 Å². The lowest BCUT2D eigenvalue weighted by atomic mass is 10.2. The number of carboxylic acids is 1. The molecular formula is C12H20F3NO4S2. The maximum absolute atomic E-state index is 11.9. The summed E-state index contributed by atoms with van der Waals surface area (Å²) in [5.41, 5.74) is -4.99. The monoisotopic (exact) mass is 363 g/mol. The van der Waals surface area contributed by atoms with Gasteiger partial charge in [0.1, 0.15) is 11.6 Å². The van der Waals surface area contributed by atoms with Gasteiger partial charge in [0.15, 0.2) is 0 Å². The number of amides is 1. The Balaban J connectivity index is 4.01. The van der Waals surface area contributed by atoms with Crippen LogP contribution >= 0.6 is 23.5 Å². The lowest BCUT2D eigenvalue weighted by Gasteiger charge is -2.21. The summed E-state index contributed by atoms with van der Waals surface area (Å²) in [6.45, 7) is 4.95. The molecule has 1 amide bonds. The first-order valence-electron chi connectivity index (χ1n) is 6.41. The minimum atomic E-state index is -4.25. The Bertz CT molecular complexity index is 372. The van der Waals surface area contributed by atoms with Crippen LogP contribution in [0.3, 0.4) is 0 Å². The van der Waals surface area contributed by atoms with E-state index in [1.807, 2.05) is 0 Å². The average molecular weight is 363 g/mol. The van der Waals surface area contributed by atoms with Crippen molar-refractivity contribution in [1.82, 2.24) is 5.32 Å². The molecule has 1 unspecified atom stereocenters. The normalized spacial score (nSPS) is 13.5. The van der Waals surface area contributed by atoms with Gasteiger partial charge in [-0.1, -0.05) is 11.8 Å². The fraction of sp³-hybridized carbons (Fsp3) is 0.833. The number of hydrogen-bond donors (Lipinski definition) is 2. The SMILES string of the molecule is CC(C)(C)OC(=O)NC(CCSCCSC(F)(F)F)C(=O)O. The van der Waals surface area contributed by atoms with Gasteiger partial charge in [0, 0.05) is 11.5 Å². The fourth-order valence-corrected chi connectivity index (χ4v) is 2.87. The molecule has 0 heterocycles. The molecule has 0 aliphatic rings. The lowest BCUT2D eigenvalue weighted by Crippen LogP contribution is -2.43. The molecule has 0 rings (SSSR count). The summed E-state index contributed by atoms with van der Waals surface area (Å²) in [6, 6.07) is -1.13. The van der Waals surface area contributed by atoms with Crippen LogP contribution < -0.4 is 5.32 Å². The van der Waals surface area contributed by atoms with Gasteiger partial charge in [-0.3, -0.25) is 0 Å². The van der Waals surface area contributed by atoms with Crippen molar-refractivity contribution in [2.45, 2.75) is 44.3 Å². The highest BCUT2D eigenvalue weighted by Gasteiger charge is 2.27. The van der Waals surface area contributed by atoms with E-state index in [0.29, 0.717) is 5.75 Å². The quantitative estimate of drug-likeness (QED) is 0.644. The van der Waals surface area contributed by atoms with Crippen molar-refractivity contribution in [3.63, 3.8) is 0 Å². The molecule has 130 valence electrons. The maximum Gasteiger partial charge on any atom is 0.441 e. The standard InChI is InChI=1S/C12H20F3NO4S2/c1-11(2,3)20-10(19)16-8(9(17)18)4-5-21-6-7-22-12(13,14)15/h8H,4-7H2,1-3H3,(H,16,19)(H,17,18). The van der Waals surface area contributed by atoms with Crippen molar-refractivity contribution in [1.29, 1.82) is 0 Å². The smallest absolute Gasteiger partial charge is 0.441 e. The number of carbonyl (C=O) groups excluding carboxylic acids is 1. The van der Waals surface area contributed by atoms with Gasteiger partial charge in [0.05, 0.1) is 0 Å². The number of halogens is 3. The van der Waals surface area contributed by atoms with Gasteiger partial charge in [-0.2, -0.15) is 24.9 Å². The number of ether oxygens (including phenoxy) is 1. The van der Waals surface area contributed by atoms with E-state index in [4.69, 9.17) is 9.84 Å². The van der Waals surface area contributed by atoms with Crippen molar-refractivity contribution in [2.24, 2.45) is 0 Å². The van der Waals surface area contributed by atoms with Crippen LogP contribution in [-0.2, 0) is 9.53 Å². The van der Waals surface area contributed by atoms with Gasteiger partial charge in [-0.15, -0.1) is 0 Å². The first kappa shape index (κ1) is 21.2. The molecular weight excluding hydrogens is 343 g/mol. The van der Waals surface area contributed by atoms with E-state index in [9.17, 15) is 22.8 Å². The molecule has 0 saturated heterocycles. The molecule has 0 bridgehead atoms. The number of carbonyl (C=O) groups is 2. The molecule has 0 saturated carbocycles. The molecule has 0 aromatic carbocycles. The molecule has 0 aliphatic heterocycles. The lowest BCUT2D eigenvalue weighted by molar-refractivity contribution is -0.139. The zero-order valence-corrected chi connectivity index (χ0v) is 14.2. The van der Waals surface area contributed by atoms with Crippen LogP contribution in [0.5, 0.6) is 0 Å². The first-order valence-corrected chi connectivity index (χ1v) is 8.55. The predicted octanol–water partition coefficient (Wildman–Crippen LogP) is 3.34. The Hall–Kier alpha value is -0.770. The molecule has 0 spiro atoms. The average Bonchev–Trinajstić information content (AvgIpc) is 2.27. The number of aliphatic carboxylic acids is 1. The Morgan fingerprint density at radius 2 is 1.77 bits per heavy atom. The van der Waals surface area contributed by atoms with Gasteiger partial charge in [-0.05, 0) is 32.9 Å². The summed E-state index contributed by atoms with van der Waals surface area (Å²) in [5, 5.41) is 11.2. The van der Waals surface area contributed by atoms with Crippen molar-refractivity contribution >= 4 is 35.6 Å². The third-order valence-electron chi connectivity index (χ3n) is 2.03. The molecule has 0 radical (unpaired) electrons. The van der Waals surface area contributed by atoms with E-state index in [1.54, 1.807) is 20.8 Å². The highest BCUT2D eigenvalue weighted by molar-refractivity contribution is 8.03. The van der Waals surface area contributed by atoms with Crippen molar-refractivity contribution in [2.75, 3.05) is 17.3 Å². The number of alkyl halides is 3. The van der Waals surface area contributed by atoms with Crippen LogP contribution in [0.25, 0.3) is 0 Å². The van der Waals surface area contributed by atoms with E-state index in [-0.39, 0.29) is 29.7 Å². The van der Waals surface area contributed by atoms with Crippen LogP contribution in [0.15, 0.2) is 0 Å². The van der Waals surface area contributed by atoms with E-state index in [2.05, 4.69) is 5.32 Å². The minimum absolute atomic E-state index is 0.0919. The van der Waals surface area contributed by atoms with Crippen molar-refractivity contribution in [3.05, 3.63) is 0 Å². The molecule has 0 aliphatic carbocycles. The fourth-order valence-electron chi connectivity index (χ4n) is 1.23. The maximum atomic E-state index is 11.9. The minimum Gasteiger partial charge on any atom is -0.480 e. The third kappa shape index (κ3) is 12.9. The summed E-state index contributed by atoms with van der Waals surface area (Å²) < 4.78 is 40.6. The zero-order chi connectivity index (χ0) is 17.4. The Morgan fingerprint density at radius 1 is 1.18 bits per heavy atom. The van der Waals surface area contributed by atoms with E-state index < -0.39 is 29.2 Å². The molecule has 22 heavy (non-hydrogen) atoms. The van der Waals surface area contributed by atoms with Crippen LogP contribution in [-0.4, -0.2) is 51.6 Å². The summed E-state index contributed by atoms with van der Waals surface area (Å²) in [4.78, 5) is 22.5. The van der Waals surface area contributed by atoms with Crippen molar-refractivity contribution < 1.29 is 32.6 Å². The summed E-state index contributed by atoms with van der Waals surface area (Å²) in [6.07, 6.45) is -0.729. The molecule has 2 N–H and O–H groups in total. The Morgan fingerprint density at radius 3 is 2.23 bits per heavy atom. The van der Waals surface area contributed by atoms with Gasteiger partial charge in [0.2, 0.25) is 0 Å². The topological polar surface area (TPSA) is 75.6 Å². The third-order valence-corrected chi connectivity index (χ3v) is 4.04. The second kappa shape index (κ2) is 9.39. The number of alkyl carbamates (subject to hydrolysis) is 1. The van der Waals surface area contributed by atoms with Gasteiger partial charge in [-0.25, -0.2) is 9.59 Å². The number of nitrogens with one attached hydrogen (secondary N) is 1. The van der Waals surface area contributed by atoms with Crippen LogP contribution in [0.2, 0.25) is 0 Å². The summed E-state index contributed by atoms with van der Waals surface area (Å²) >= 11 is 1.09. The van der Waals surface area contributed by atoms with Gasteiger partial charge < -0.3 is 15.2 Å². The van der Waals surface area contributed by atoms with Crippen LogP contribution in [0, 0.1) is 0 Å². The molecule has 5 nitrogen and oxygen atoms in total. The predicted molar refractivity (Wildman–Crippen MR) is 81.2 cm³/mol. The number of rotatable bonds is 8. The highest BCUT2D eigenvalue weighted by atomic mass is 32.2. The zero-order valence-electron chi connectivity index (χ0n) is 12.5. The van der Waals surface area contributed by atoms with E-state index in [1.165, 1.54) is 11.8 Å². The van der Waals surface area contributed by atoms with Crippen LogP contribution in [0.4, 0.5) is 18.0 Å². The number of hydrogen-bond acceptors (Lipinski definition) is 5. The molecule has 1 atom stereocenters. The Labute approximate surface area is 135 Å². The van der Waals surface area contributed by atoms with Gasteiger partial charge in [0.25, 0.3) is 0 Å². The highest BCUT2D eigenvalue weighted by Crippen LogP contribution is 2.30. The number of thioether (sulfide) groups is 2. The molecule has 0 aromatic rings. The second-order valence-electron chi connectivity index (χ2n) is 5.23. The number of carboxylic acid groups (broad SMARTS) is 1. The van der Waals surface area contributed by atoms with Crippen LogP contribution in [0.1, 0.15) is 27.2 Å².